The highest BCUT2D eigenvalue weighted by Crippen LogP contribution is 2.43. The second-order valence-corrected chi connectivity index (χ2v) is 11.7. The molecule has 2 aliphatic rings. The first-order chi connectivity index (χ1) is 18.2. The number of benzene rings is 2. The molecule has 4 N–H and O–H groups in total. The van der Waals surface area contributed by atoms with E-state index in [9.17, 15) is 15.0 Å². The Morgan fingerprint density at radius 3 is 2.71 bits per heavy atom. The summed E-state index contributed by atoms with van der Waals surface area (Å²) in [7, 11) is 1.69. The number of aryl methyl sites for hydroxylation is 1. The molecule has 38 heavy (non-hydrogen) atoms. The zero-order chi connectivity index (χ0) is 27.3. The van der Waals surface area contributed by atoms with Crippen LogP contribution >= 0.6 is 11.6 Å². The number of halogens is 1. The van der Waals surface area contributed by atoms with Gasteiger partial charge in [0.15, 0.2) is 0 Å². The molecular formula is C31H43ClN2O4. The molecule has 1 unspecified atom stereocenters. The van der Waals surface area contributed by atoms with Gasteiger partial charge in [0.2, 0.25) is 5.91 Å². The van der Waals surface area contributed by atoms with Crippen molar-refractivity contribution in [2.75, 3.05) is 26.8 Å². The van der Waals surface area contributed by atoms with Crippen molar-refractivity contribution in [3.05, 3.63) is 69.7 Å². The van der Waals surface area contributed by atoms with Crippen LogP contribution in [0.25, 0.3) is 0 Å². The molecule has 6 nitrogen and oxygen atoms in total. The molecular weight excluding hydrogens is 500 g/mol. The molecule has 0 spiro atoms. The summed E-state index contributed by atoms with van der Waals surface area (Å²) in [6.45, 7) is 3.87. The van der Waals surface area contributed by atoms with Crippen LogP contribution < -0.4 is 5.73 Å². The second kappa shape index (κ2) is 12.9. The smallest absolute Gasteiger partial charge is 0.225 e. The number of carbonyl (C=O) groups is 1. The Kier molecular flexibility index (Phi) is 9.88. The molecule has 1 heterocycles. The minimum atomic E-state index is -1.14. The predicted molar refractivity (Wildman–Crippen MR) is 151 cm³/mol. The Morgan fingerprint density at radius 1 is 1.21 bits per heavy atom. The summed E-state index contributed by atoms with van der Waals surface area (Å²) in [5, 5.41) is 23.4. The molecule has 0 aromatic heterocycles. The summed E-state index contributed by atoms with van der Waals surface area (Å²) in [6, 6.07) is 13.9. The molecule has 2 aromatic rings. The average Bonchev–Trinajstić information content (AvgIpc) is 3.25. The standard InChI is InChI=1S/C31H43ClN2O4/c1-21-8-5-9-22(16-21)17-25-26(11-6-12-27(25)32)31(37,13-3-4-15-38-2)24-10-7-14-34(20-24)30(36)23-18-28(33)29(35)19-23/h5-6,8-9,11-12,16,23-24,28-29,35,37H,3-4,7,10,13-15,17-20,33H2,1-2H3/t23?,24-,28-,29+,31+/m1/s1. The Balaban J connectivity index is 1.64. The van der Waals surface area contributed by atoms with E-state index in [0.29, 0.717) is 50.4 Å². The van der Waals surface area contributed by atoms with E-state index >= 15 is 0 Å². The van der Waals surface area contributed by atoms with Gasteiger partial charge in [-0.1, -0.05) is 53.6 Å². The van der Waals surface area contributed by atoms with Crippen molar-refractivity contribution in [3.63, 3.8) is 0 Å². The number of unbranched alkanes of at least 4 members (excludes halogenated alkanes) is 1. The number of amides is 1. The molecule has 1 amide bonds. The highest BCUT2D eigenvalue weighted by molar-refractivity contribution is 6.31. The molecule has 208 valence electrons. The first-order valence-electron chi connectivity index (χ1n) is 14.0. The third-order valence-electron chi connectivity index (χ3n) is 8.54. The lowest BCUT2D eigenvalue weighted by atomic mass is 9.72. The van der Waals surface area contributed by atoms with E-state index in [1.165, 1.54) is 5.56 Å². The number of carbonyl (C=O) groups excluding carboxylic acids is 1. The van der Waals surface area contributed by atoms with Crippen molar-refractivity contribution in [2.45, 2.75) is 76.0 Å². The van der Waals surface area contributed by atoms with Crippen LogP contribution in [-0.2, 0) is 21.6 Å². The second-order valence-electron chi connectivity index (χ2n) is 11.3. The molecule has 2 fully saturated rings. The van der Waals surface area contributed by atoms with Gasteiger partial charge in [-0.2, -0.15) is 0 Å². The lowest BCUT2D eigenvalue weighted by Gasteiger charge is -2.44. The van der Waals surface area contributed by atoms with Crippen LogP contribution in [0.3, 0.4) is 0 Å². The number of piperidine rings is 1. The molecule has 4 rings (SSSR count). The molecule has 1 saturated carbocycles. The maximum atomic E-state index is 13.4. The predicted octanol–water partition coefficient (Wildman–Crippen LogP) is 4.58. The zero-order valence-electron chi connectivity index (χ0n) is 22.7. The first kappa shape index (κ1) is 29.0. The van der Waals surface area contributed by atoms with Crippen molar-refractivity contribution < 1.29 is 19.7 Å². The number of aliphatic hydroxyl groups excluding tert-OH is 1. The van der Waals surface area contributed by atoms with E-state index in [2.05, 4.69) is 31.2 Å². The topological polar surface area (TPSA) is 96.0 Å². The molecule has 0 bridgehead atoms. The summed E-state index contributed by atoms with van der Waals surface area (Å²) in [5.74, 6) is -0.330. The molecule has 2 aromatic carbocycles. The van der Waals surface area contributed by atoms with Crippen molar-refractivity contribution >= 4 is 17.5 Å². The number of likely N-dealkylation sites (tertiary alicyclic amines) is 1. The molecule has 1 aliphatic carbocycles. The average molecular weight is 543 g/mol. The van der Waals surface area contributed by atoms with Gasteiger partial charge in [-0.05, 0) is 81.0 Å². The summed E-state index contributed by atoms with van der Waals surface area (Å²) < 4.78 is 5.28. The maximum absolute atomic E-state index is 13.4. The third-order valence-corrected chi connectivity index (χ3v) is 8.89. The molecule has 7 heteroatoms. The SMILES string of the molecule is COCCCC[C@@](O)(c1cccc(Cl)c1Cc1cccc(C)c1)[C@@H]1CCCN(C(=O)C2C[C@@H](N)[C@@H](O)C2)C1. The zero-order valence-corrected chi connectivity index (χ0v) is 23.5. The fourth-order valence-corrected chi connectivity index (χ4v) is 6.69. The van der Waals surface area contributed by atoms with Crippen LogP contribution in [0.15, 0.2) is 42.5 Å². The van der Waals surface area contributed by atoms with Gasteiger partial charge in [0.1, 0.15) is 0 Å². The Bertz CT molecular complexity index is 1090. The quantitative estimate of drug-likeness (QED) is 0.382. The number of nitrogens with two attached hydrogens (primary N) is 1. The number of methoxy groups -OCH3 is 1. The van der Waals surface area contributed by atoms with E-state index < -0.39 is 11.7 Å². The Morgan fingerprint density at radius 2 is 2.00 bits per heavy atom. The molecule has 0 radical (unpaired) electrons. The van der Waals surface area contributed by atoms with Crippen molar-refractivity contribution in [1.82, 2.24) is 4.90 Å². The number of ether oxygens (including phenoxy) is 1. The Labute approximate surface area is 232 Å². The van der Waals surface area contributed by atoms with Crippen LogP contribution in [0.4, 0.5) is 0 Å². The number of rotatable bonds is 10. The van der Waals surface area contributed by atoms with Gasteiger partial charge in [0.05, 0.1) is 11.7 Å². The van der Waals surface area contributed by atoms with Crippen molar-refractivity contribution in [2.24, 2.45) is 17.6 Å². The van der Waals surface area contributed by atoms with Gasteiger partial charge in [-0.3, -0.25) is 4.79 Å². The Hall–Kier alpha value is -1.96. The number of aliphatic hydroxyl groups is 2. The number of hydrogen-bond acceptors (Lipinski definition) is 5. The fourth-order valence-electron chi connectivity index (χ4n) is 6.44. The summed E-state index contributed by atoms with van der Waals surface area (Å²) in [6.07, 6.45) is 4.79. The molecule has 1 saturated heterocycles. The summed E-state index contributed by atoms with van der Waals surface area (Å²) in [5.41, 5.74) is 9.02. The van der Waals surface area contributed by atoms with Crippen LogP contribution in [0.2, 0.25) is 5.02 Å². The van der Waals surface area contributed by atoms with E-state index in [0.717, 1.165) is 42.4 Å². The molecule has 1 aliphatic heterocycles. The van der Waals surface area contributed by atoms with E-state index in [1.54, 1.807) is 7.11 Å². The van der Waals surface area contributed by atoms with Crippen molar-refractivity contribution in [3.8, 4) is 0 Å². The first-order valence-corrected chi connectivity index (χ1v) is 14.4. The van der Waals surface area contributed by atoms with Crippen LogP contribution in [0.5, 0.6) is 0 Å². The van der Waals surface area contributed by atoms with Crippen molar-refractivity contribution in [1.29, 1.82) is 0 Å². The maximum Gasteiger partial charge on any atom is 0.225 e. The van der Waals surface area contributed by atoms with Crippen LogP contribution in [0, 0.1) is 18.8 Å². The van der Waals surface area contributed by atoms with Crippen LogP contribution in [-0.4, -0.2) is 60.0 Å². The largest absolute Gasteiger partial charge is 0.391 e. The van der Waals surface area contributed by atoms with E-state index in [-0.39, 0.29) is 23.8 Å². The summed E-state index contributed by atoms with van der Waals surface area (Å²) in [4.78, 5) is 15.3. The van der Waals surface area contributed by atoms with Gasteiger partial charge in [0, 0.05) is 49.7 Å². The normalized spacial score (nSPS) is 25.4. The highest BCUT2D eigenvalue weighted by atomic mass is 35.5. The summed E-state index contributed by atoms with van der Waals surface area (Å²) >= 11 is 6.81. The fraction of sp³-hybridized carbons (Fsp3) is 0.581. The van der Waals surface area contributed by atoms with Gasteiger partial charge in [-0.25, -0.2) is 0 Å². The lowest BCUT2D eigenvalue weighted by molar-refractivity contribution is -0.141. The third kappa shape index (κ3) is 6.60. The van der Waals surface area contributed by atoms with Gasteiger partial charge < -0.3 is 25.6 Å². The minimum Gasteiger partial charge on any atom is -0.391 e. The highest BCUT2D eigenvalue weighted by Gasteiger charge is 2.44. The van der Waals surface area contributed by atoms with E-state index in [4.69, 9.17) is 22.1 Å². The minimum absolute atomic E-state index is 0.0505. The van der Waals surface area contributed by atoms with Gasteiger partial charge >= 0.3 is 0 Å². The van der Waals surface area contributed by atoms with Gasteiger partial charge in [-0.15, -0.1) is 0 Å². The molecule has 5 atom stereocenters. The van der Waals surface area contributed by atoms with E-state index in [1.807, 2.05) is 23.1 Å². The lowest BCUT2D eigenvalue weighted by Crippen LogP contribution is -2.49. The number of nitrogens with zero attached hydrogens (tertiary/aromatic N) is 1. The number of hydrogen-bond donors (Lipinski definition) is 3. The monoisotopic (exact) mass is 542 g/mol. The van der Waals surface area contributed by atoms with Crippen LogP contribution in [0.1, 0.15) is 67.2 Å². The van der Waals surface area contributed by atoms with Gasteiger partial charge in [0.25, 0.3) is 0 Å².